The van der Waals surface area contributed by atoms with Gasteiger partial charge >= 0.3 is 0 Å². The molecule has 1 atom stereocenters. The predicted molar refractivity (Wildman–Crippen MR) is 83.4 cm³/mol. The monoisotopic (exact) mass is 284 g/mol. The molecule has 0 fully saturated rings. The summed E-state index contributed by atoms with van der Waals surface area (Å²) in [4.78, 5) is 8.36. The Morgan fingerprint density at radius 2 is 1.89 bits per heavy atom. The van der Waals surface area contributed by atoms with Crippen LogP contribution >= 0.6 is 11.3 Å². The van der Waals surface area contributed by atoms with E-state index in [0.717, 1.165) is 30.2 Å². The highest BCUT2D eigenvalue weighted by Gasteiger charge is 2.34. The Kier molecular flexibility index (Phi) is 5.92. The zero-order valence-electron chi connectivity index (χ0n) is 13.1. The lowest BCUT2D eigenvalue weighted by Gasteiger charge is -2.43. The minimum Gasteiger partial charge on any atom is -0.297 e. The van der Waals surface area contributed by atoms with Crippen molar-refractivity contribution >= 4 is 11.3 Å². The first-order valence-corrected chi connectivity index (χ1v) is 7.82. The fraction of sp³-hybridized carbons (Fsp3) is 0.786. The summed E-state index contributed by atoms with van der Waals surface area (Å²) in [7, 11) is 0. The molecule has 0 bridgehead atoms. The second-order valence-electron chi connectivity index (χ2n) is 5.50. The number of nitrogens with one attached hydrogen (secondary N) is 1. The average Bonchev–Trinajstić information content (AvgIpc) is 2.66. The number of aryl methyl sites for hydroxylation is 2. The first-order valence-electron chi connectivity index (χ1n) is 7.00. The van der Waals surface area contributed by atoms with E-state index in [0.29, 0.717) is 0 Å². The molecule has 3 N–H and O–H groups in total. The van der Waals surface area contributed by atoms with Gasteiger partial charge in [-0.2, -0.15) is 0 Å². The van der Waals surface area contributed by atoms with Crippen molar-refractivity contribution in [1.29, 1.82) is 0 Å². The summed E-state index contributed by atoms with van der Waals surface area (Å²) in [5.41, 5.74) is 4.13. The highest BCUT2D eigenvalue weighted by atomic mass is 32.1. The van der Waals surface area contributed by atoms with E-state index in [9.17, 15) is 0 Å². The Balaban J connectivity index is 2.87. The molecular formula is C14H28N4S. The number of aromatic nitrogens is 1. The van der Waals surface area contributed by atoms with Crippen LogP contribution in [0, 0.1) is 13.8 Å². The molecule has 0 spiro atoms. The van der Waals surface area contributed by atoms with Crippen LogP contribution in [0.2, 0.25) is 0 Å². The largest absolute Gasteiger partial charge is 0.297 e. The summed E-state index contributed by atoms with van der Waals surface area (Å²) in [5, 5.41) is 1.16. The van der Waals surface area contributed by atoms with Gasteiger partial charge in [0.2, 0.25) is 0 Å². The van der Waals surface area contributed by atoms with Gasteiger partial charge in [0.15, 0.2) is 0 Å². The molecule has 0 saturated carbocycles. The maximum atomic E-state index is 5.80. The number of nitrogens with zero attached hydrogens (tertiary/aromatic N) is 2. The van der Waals surface area contributed by atoms with Gasteiger partial charge in [-0.05, 0) is 40.8 Å². The summed E-state index contributed by atoms with van der Waals surface area (Å²) < 4.78 is 0. The quantitative estimate of drug-likeness (QED) is 0.596. The number of likely N-dealkylation sites (N-methyl/N-ethyl adjacent to an activating group) is 1. The number of hydrazine groups is 1. The molecule has 0 amide bonds. The lowest BCUT2D eigenvalue weighted by molar-refractivity contribution is 0.0912. The van der Waals surface area contributed by atoms with Gasteiger partial charge < -0.3 is 0 Å². The van der Waals surface area contributed by atoms with Crippen molar-refractivity contribution in [2.75, 3.05) is 13.1 Å². The van der Waals surface area contributed by atoms with Gasteiger partial charge in [-0.25, -0.2) is 4.98 Å². The Morgan fingerprint density at radius 3 is 2.26 bits per heavy atom. The van der Waals surface area contributed by atoms with E-state index in [1.807, 2.05) is 0 Å². The van der Waals surface area contributed by atoms with Gasteiger partial charge in [0.05, 0.1) is 10.7 Å². The van der Waals surface area contributed by atoms with Crippen LogP contribution in [0.3, 0.4) is 0 Å². The molecular weight excluding hydrogens is 256 g/mol. The number of thiazole rings is 1. The van der Waals surface area contributed by atoms with Crippen LogP contribution in [-0.4, -0.2) is 34.6 Å². The summed E-state index contributed by atoms with van der Waals surface area (Å²) in [5.74, 6) is 5.80. The van der Waals surface area contributed by atoms with Crippen LogP contribution in [0.4, 0.5) is 0 Å². The zero-order valence-corrected chi connectivity index (χ0v) is 13.9. The highest BCUT2D eigenvalue weighted by molar-refractivity contribution is 7.11. The number of nitrogens with two attached hydrogens (primary N) is 1. The molecule has 0 aromatic carbocycles. The second kappa shape index (κ2) is 6.79. The van der Waals surface area contributed by atoms with Crippen LogP contribution in [0.1, 0.15) is 43.3 Å². The molecule has 4 nitrogen and oxygen atoms in total. The van der Waals surface area contributed by atoms with E-state index in [-0.39, 0.29) is 11.6 Å². The van der Waals surface area contributed by atoms with Gasteiger partial charge in [-0.1, -0.05) is 13.8 Å². The molecule has 0 aliphatic carbocycles. The molecule has 0 saturated heterocycles. The Hall–Kier alpha value is -0.490. The fourth-order valence-corrected chi connectivity index (χ4v) is 3.55. The van der Waals surface area contributed by atoms with Crippen LogP contribution in [0.5, 0.6) is 0 Å². The summed E-state index contributed by atoms with van der Waals surface area (Å²) in [6.07, 6.45) is 0.874. The molecule has 1 aromatic rings. The van der Waals surface area contributed by atoms with Gasteiger partial charge in [0, 0.05) is 22.9 Å². The van der Waals surface area contributed by atoms with Gasteiger partial charge in [-0.3, -0.25) is 16.2 Å². The van der Waals surface area contributed by atoms with Crippen LogP contribution in [0.15, 0.2) is 0 Å². The zero-order chi connectivity index (χ0) is 14.6. The van der Waals surface area contributed by atoms with Crippen molar-refractivity contribution in [1.82, 2.24) is 15.3 Å². The minimum absolute atomic E-state index is 0.00568. The molecule has 5 heteroatoms. The summed E-state index contributed by atoms with van der Waals surface area (Å²) in [6.45, 7) is 15.1. The maximum Gasteiger partial charge on any atom is 0.0947 e. The number of hydrogen-bond acceptors (Lipinski definition) is 5. The van der Waals surface area contributed by atoms with Gasteiger partial charge in [0.25, 0.3) is 0 Å². The molecule has 1 heterocycles. The summed E-state index contributed by atoms with van der Waals surface area (Å²) in [6, 6.07) is 0.192. The fourth-order valence-electron chi connectivity index (χ4n) is 2.57. The molecule has 110 valence electrons. The first kappa shape index (κ1) is 16.6. The lowest BCUT2D eigenvalue weighted by Crippen LogP contribution is -2.60. The van der Waals surface area contributed by atoms with Crippen molar-refractivity contribution in [3.8, 4) is 0 Å². The van der Waals surface area contributed by atoms with Crippen molar-refractivity contribution in [3.05, 3.63) is 15.6 Å². The Morgan fingerprint density at radius 1 is 1.32 bits per heavy atom. The average molecular weight is 284 g/mol. The van der Waals surface area contributed by atoms with Crippen molar-refractivity contribution in [2.24, 2.45) is 5.84 Å². The van der Waals surface area contributed by atoms with Gasteiger partial charge in [0.1, 0.15) is 0 Å². The standard InChI is InChI=1S/C14H28N4S/c1-7-18(8-2)14(5,6)12(17-15)9-13-16-10(3)11(4)19-13/h12,17H,7-9,15H2,1-6H3. The summed E-state index contributed by atoms with van der Waals surface area (Å²) >= 11 is 1.78. The van der Waals surface area contributed by atoms with E-state index in [1.54, 1.807) is 11.3 Å². The maximum absolute atomic E-state index is 5.80. The van der Waals surface area contributed by atoms with E-state index in [2.05, 4.69) is 56.9 Å². The normalized spacial score (nSPS) is 14.1. The minimum atomic E-state index is 0.00568. The third kappa shape index (κ3) is 3.75. The highest BCUT2D eigenvalue weighted by Crippen LogP contribution is 2.24. The third-order valence-corrected chi connectivity index (χ3v) is 5.18. The smallest absolute Gasteiger partial charge is 0.0947 e. The van der Waals surface area contributed by atoms with E-state index >= 15 is 0 Å². The van der Waals surface area contributed by atoms with E-state index < -0.39 is 0 Å². The van der Waals surface area contributed by atoms with Crippen LogP contribution < -0.4 is 11.3 Å². The van der Waals surface area contributed by atoms with E-state index in [1.165, 1.54) is 4.88 Å². The van der Waals surface area contributed by atoms with Crippen molar-refractivity contribution < 1.29 is 0 Å². The molecule has 1 aromatic heterocycles. The van der Waals surface area contributed by atoms with Crippen LogP contribution in [-0.2, 0) is 6.42 Å². The van der Waals surface area contributed by atoms with Crippen LogP contribution in [0.25, 0.3) is 0 Å². The van der Waals surface area contributed by atoms with Gasteiger partial charge in [-0.15, -0.1) is 11.3 Å². The second-order valence-corrected chi connectivity index (χ2v) is 6.79. The predicted octanol–water partition coefficient (Wildman–Crippen LogP) is 2.25. The third-order valence-electron chi connectivity index (χ3n) is 4.08. The van der Waals surface area contributed by atoms with Crippen molar-refractivity contribution in [3.63, 3.8) is 0 Å². The van der Waals surface area contributed by atoms with Crippen molar-refractivity contribution in [2.45, 2.75) is 59.5 Å². The molecule has 0 aliphatic rings. The lowest BCUT2D eigenvalue weighted by atomic mass is 9.90. The SMILES string of the molecule is CCN(CC)C(C)(C)C(Cc1nc(C)c(C)s1)NN. The topological polar surface area (TPSA) is 54.2 Å². The molecule has 0 radical (unpaired) electrons. The molecule has 1 rings (SSSR count). The molecule has 19 heavy (non-hydrogen) atoms. The molecule has 1 unspecified atom stereocenters. The molecule has 0 aliphatic heterocycles. The Bertz CT molecular complexity index is 377. The number of hydrogen-bond donors (Lipinski definition) is 2. The first-order chi connectivity index (χ1) is 8.86. The number of rotatable bonds is 7. The Labute approximate surface area is 121 Å². The van der Waals surface area contributed by atoms with E-state index in [4.69, 9.17) is 5.84 Å².